The molecule has 180 valence electrons. The average Bonchev–Trinajstić information content (AvgIpc) is 2.77. The Labute approximate surface area is 201 Å². The molecule has 1 aliphatic rings. The second-order valence-corrected chi connectivity index (χ2v) is 10.5. The molecule has 3 aromatic rings. The molecule has 2 heterocycles. The van der Waals surface area contributed by atoms with E-state index in [4.69, 9.17) is 9.57 Å². The lowest BCUT2D eigenvalue weighted by Gasteiger charge is -2.54. The lowest BCUT2D eigenvalue weighted by atomic mass is 9.80. The van der Waals surface area contributed by atoms with Gasteiger partial charge in [0.15, 0.2) is 5.75 Å². The number of pyridine rings is 1. The van der Waals surface area contributed by atoms with Crippen molar-refractivity contribution < 1.29 is 19.5 Å². The van der Waals surface area contributed by atoms with Gasteiger partial charge < -0.3 is 9.84 Å². The molecule has 0 radical (unpaired) electrons. The topological polar surface area (TPSA) is 71.9 Å². The number of rotatable bonds is 5. The molecular formula is C28H34N2O4. The fourth-order valence-corrected chi connectivity index (χ4v) is 5.22. The van der Waals surface area contributed by atoms with E-state index in [-0.39, 0.29) is 34.6 Å². The summed E-state index contributed by atoms with van der Waals surface area (Å²) in [6.45, 7) is 12.2. The summed E-state index contributed by atoms with van der Waals surface area (Å²) in [5.74, 6) is -0.650. The van der Waals surface area contributed by atoms with E-state index in [1.165, 1.54) is 0 Å². The van der Waals surface area contributed by atoms with Crippen LogP contribution in [0.1, 0.15) is 75.2 Å². The summed E-state index contributed by atoms with van der Waals surface area (Å²) in [4.78, 5) is 24.2. The molecule has 0 aliphatic carbocycles. The SMILES string of the molecule is Cc1nc2ccccc2c(C(=O)OC2CC(C)(C)N(OC(C)c3ccccc3)C(C)(C)C2)c1O. The van der Waals surface area contributed by atoms with E-state index in [9.17, 15) is 9.90 Å². The van der Waals surface area contributed by atoms with E-state index in [0.717, 1.165) is 5.56 Å². The molecule has 6 nitrogen and oxygen atoms in total. The number of ether oxygens (including phenoxy) is 1. The van der Waals surface area contributed by atoms with Crippen molar-refractivity contribution in [2.45, 2.75) is 77.7 Å². The first kappa shape index (κ1) is 24.2. The molecule has 0 bridgehead atoms. The van der Waals surface area contributed by atoms with Gasteiger partial charge in [0, 0.05) is 29.3 Å². The van der Waals surface area contributed by atoms with E-state index in [1.807, 2.05) is 43.3 Å². The van der Waals surface area contributed by atoms with Gasteiger partial charge >= 0.3 is 5.97 Å². The van der Waals surface area contributed by atoms with Gasteiger partial charge in [0.25, 0.3) is 0 Å². The Balaban J connectivity index is 1.55. The van der Waals surface area contributed by atoms with Gasteiger partial charge in [-0.1, -0.05) is 48.5 Å². The van der Waals surface area contributed by atoms with Crippen LogP contribution in [0.5, 0.6) is 5.75 Å². The number of esters is 1. The van der Waals surface area contributed by atoms with Crippen LogP contribution in [0.3, 0.4) is 0 Å². The van der Waals surface area contributed by atoms with Crippen LogP contribution in [-0.2, 0) is 9.57 Å². The predicted molar refractivity (Wildman–Crippen MR) is 133 cm³/mol. The van der Waals surface area contributed by atoms with Crippen LogP contribution in [-0.4, -0.2) is 38.3 Å². The maximum absolute atomic E-state index is 13.3. The summed E-state index contributed by atoms with van der Waals surface area (Å²) in [6.07, 6.45) is 0.775. The molecule has 34 heavy (non-hydrogen) atoms. The van der Waals surface area contributed by atoms with Crippen LogP contribution in [0.25, 0.3) is 10.9 Å². The standard InChI is InChI=1S/C28H34N2O4/c1-18-25(31)24(22-14-10-11-15-23(22)29-18)26(32)33-21-16-27(3,4)30(28(5,6)17-21)34-19(2)20-12-8-7-9-13-20/h7-15,19,21,31H,16-17H2,1-6H3. The normalized spacial score (nSPS) is 19.1. The minimum atomic E-state index is -0.525. The van der Waals surface area contributed by atoms with Crippen molar-refractivity contribution in [3.63, 3.8) is 0 Å². The van der Waals surface area contributed by atoms with Crippen LogP contribution in [0.15, 0.2) is 54.6 Å². The quantitative estimate of drug-likeness (QED) is 0.461. The van der Waals surface area contributed by atoms with Crippen LogP contribution >= 0.6 is 0 Å². The van der Waals surface area contributed by atoms with Gasteiger partial charge in [0.2, 0.25) is 0 Å². The first-order chi connectivity index (χ1) is 16.0. The van der Waals surface area contributed by atoms with Crippen molar-refractivity contribution in [1.82, 2.24) is 10.0 Å². The van der Waals surface area contributed by atoms with Crippen LogP contribution in [0.4, 0.5) is 0 Å². The molecule has 0 spiro atoms. The third-order valence-corrected chi connectivity index (χ3v) is 6.61. The zero-order chi connectivity index (χ0) is 24.7. The largest absolute Gasteiger partial charge is 0.505 e. The minimum Gasteiger partial charge on any atom is -0.505 e. The first-order valence-electron chi connectivity index (χ1n) is 11.8. The van der Waals surface area contributed by atoms with Crippen molar-refractivity contribution in [3.05, 3.63) is 71.4 Å². The highest BCUT2D eigenvalue weighted by Crippen LogP contribution is 2.42. The summed E-state index contributed by atoms with van der Waals surface area (Å²) in [5.41, 5.74) is 1.59. The zero-order valence-corrected chi connectivity index (χ0v) is 20.8. The molecule has 1 unspecified atom stereocenters. The number of aromatic nitrogens is 1. The number of aryl methyl sites for hydroxylation is 1. The average molecular weight is 463 g/mol. The summed E-state index contributed by atoms with van der Waals surface area (Å²) in [7, 11) is 0. The number of benzene rings is 2. The fraction of sp³-hybridized carbons (Fsp3) is 0.429. The maximum atomic E-state index is 13.3. The Kier molecular flexibility index (Phi) is 6.40. The molecule has 4 rings (SSSR count). The number of nitrogens with zero attached hydrogens (tertiary/aromatic N) is 2. The van der Waals surface area contributed by atoms with E-state index in [0.29, 0.717) is 29.4 Å². The highest BCUT2D eigenvalue weighted by Gasteiger charge is 2.48. The Morgan fingerprint density at radius 1 is 1.03 bits per heavy atom. The maximum Gasteiger partial charge on any atom is 0.342 e. The van der Waals surface area contributed by atoms with Crippen molar-refractivity contribution >= 4 is 16.9 Å². The van der Waals surface area contributed by atoms with E-state index in [2.05, 4.69) is 49.9 Å². The van der Waals surface area contributed by atoms with Gasteiger partial charge in [-0.2, -0.15) is 5.06 Å². The van der Waals surface area contributed by atoms with Crippen molar-refractivity contribution in [1.29, 1.82) is 0 Å². The van der Waals surface area contributed by atoms with Gasteiger partial charge in [-0.15, -0.1) is 0 Å². The number of piperidine rings is 1. The number of hydrogen-bond donors (Lipinski definition) is 1. The second-order valence-electron chi connectivity index (χ2n) is 10.5. The molecule has 0 saturated carbocycles. The van der Waals surface area contributed by atoms with Gasteiger partial charge in [0.1, 0.15) is 17.8 Å². The minimum absolute atomic E-state index is 0.109. The molecule has 0 amide bonds. The number of aromatic hydroxyl groups is 1. The van der Waals surface area contributed by atoms with Crippen LogP contribution < -0.4 is 0 Å². The number of para-hydroxylation sites is 1. The molecule has 2 aromatic carbocycles. The van der Waals surface area contributed by atoms with Crippen LogP contribution in [0, 0.1) is 6.92 Å². The third-order valence-electron chi connectivity index (χ3n) is 6.61. The van der Waals surface area contributed by atoms with E-state index in [1.54, 1.807) is 13.0 Å². The molecule has 1 fully saturated rings. The molecular weight excluding hydrogens is 428 g/mol. The van der Waals surface area contributed by atoms with Gasteiger partial charge in [-0.05, 0) is 53.2 Å². The Morgan fingerprint density at radius 3 is 2.26 bits per heavy atom. The Morgan fingerprint density at radius 2 is 1.62 bits per heavy atom. The monoisotopic (exact) mass is 462 g/mol. The first-order valence-corrected chi connectivity index (χ1v) is 11.8. The van der Waals surface area contributed by atoms with Gasteiger partial charge in [-0.25, -0.2) is 9.78 Å². The molecule has 1 saturated heterocycles. The smallest absolute Gasteiger partial charge is 0.342 e. The summed E-state index contributed by atoms with van der Waals surface area (Å²) in [5, 5.41) is 13.3. The van der Waals surface area contributed by atoms with E-state index < -0.39 is 5.97 Å². The molecule has 1 N–H and O–H groups in total. The third kappa shape index (κ3) is 4.65. The van der Waals surface area contributed by atoms with Crippen molar-refractivity contribution in [3.8, 4) is 5.75 Å². The predicted octanol–water partition coefficient (Wildman–Crippen LogP) is 6.12. The number of hydrogen-bond acceptors (Lipinski definition) is 6. The molecule has 1 atom stereocenters. The molecule has 6 heteroatoms. The Hall–Kier alpha value is -2.96. The number of hydroxylamine groups is 2. The molecule has 1 aliphatic heterocycles. The number of carbonyl (C=O) groups is 1. The van der Waals surface area contributed by atoms with Crippen LogP contribution in [0.2, 0.25) is 0 Å². The zero-order valence-electron chi connectivity index (χ0n) is 20.8. The van der Waals surface area contributed by atoms with Gasteiger partial charge in [0.05, 0.1) is 11.2 Å². The number of fused-ring (bicyclic) bond motifs is 1. The van der Waals surface area contributed by atoms with Crippen molar-refractivity contribution in [2.24, 2.45) is 0 Å². The Bertz CT molecular complexity index is 1170. The van der Waals surface area contributed by atoms with Gasteiger partial charge in [-0.3, -0.25) is 4.84 Å². The highest BCUT2D eigenvalue weighted by atomic mass is 16.7. The number of carbonyl (C=O) groups excluding carboxylic acids is 1. The lowest BCUT2D eigenvalue weighted by molar-refractivity contribution is -0.313. The summed E-state index contributed by atoms with van der Waals surface area (Å²) < 4.78 is 6.02. The highest BCUT2D eigenvalue weighted by molar-refractivity contribution is 6.06. The van der Waals surface area contributed by atoms with Crippen molar-refractivity contribution in [2.75, 3.05) is 0 Å². The lowest BCUT2D eigenvalue weighted by Crippen LogP contribution is -2.62. The fourth-order valence-electron chi connectivity index (χ4n) is 5.22. The summed E-state index contributed by atoms with van der Waals surface area (Å²) >= 11 is 0. The summed E-state index contributed by atoms with van der Waals surface area (Å²) in [6, 6.07) is 17.4. The van der Waals surface area contributed by atoms with E-state index >= 15 is 0 Å². The molecule has 1 aromatic heterocycles. The second kappa shape index (κ2) is 9.01.